The summed E-state index contributed by atoms with van der Waals surface area (Å²) in [6, 6.07) is 26.5. The molecule has 1 aliphatic rings. The van der Waals surface area contributed by atoms with E-state index in [-0.39, 0.29) is 13.2 Å². The van der Waals surface area contributed by atoms with Crippen LogP contribution in [0.2, 0.25) is 15.1 Å². The third kappa shape index (κ3) is 8.37. The molecule has 2 heterocycles. The Balaban J connectivity index is 1.38. The van der Waals surface area contributed by atoms with Crippen LogP contribution in [-0.4, -0.2) is 24.8 Å². The van der Waals surface area contributed by atoms with Crippen molar-refractivity contribution in [2.75, 3.05) is 30.1 Å². The van der Waals surface area contributed by atoms with E-state index in [0.29, 0.717) is 57.9 Å². The number of fused-ring (bicyclic) bond motifs is 2. The predicted octanol–water partition coefficient (Wildman–Crippen LogP) is 11.2. The van der Waals surface area contributed by atoms with Gasteiger partial charge in [-0.3, -0.25) is 0 Å². The van der Waals surface area contributed by atoms with Gasteiger partial charge in [-0.05, 0) is 55.0 Å². The number of rotatable bonds is 11. The highest BCUT2D eigenvalue weighted by Gasteiger charge is 2.36. The number of hydrogen-bond donors (Lipinski definition) is 0. The Morgan fingerprint density at radius 3 is 2.15 bits per heavy atom. The van der Waals surface area contributed by atoms with Crippen LogP contribution in [0.4, 0.5) is 24.5 Å². The highest BCUT2D eigenvalue weighted by Crippen LogP contribution is 2.46. The van der Waals surface area contributed by atoms with E-state index >= 15 is 0 Å². The second-order valence-corrected chi connectivity index (χ2v) is 13.4. The van der Waals surface area contributed by atoms with Crippen molar-refractivity contribution >= 4 is 63.3 Å². The lowest BCUT2D eigenvalue weighted by molar-refractivity contribution is -0.558. The normalized spacial score (nSPS) is 13.7. The van der Waals surface area contributed by atoms with Crippen LogP contribution >= 0.6 is 34.8 Å². The van der Waals surface area contributed by atoms with Crippen LogP contribution in [0.1, 0.15) is 37.2 Å². The summed E-state index contributed by atoms with van der Waals surface area (Å²) in [6.45, 7) is 5.65. The molecule has 4 aromatic carbocycles. The summed E-state index contributed by atoms with van der Waals surface area (Å²) in [7, 11) is 1.58. The Kier molecular flexibility index (Phi) is 12.2. The number of nitrogens with zero attached hydrogens (tertiary/aromatic N) is 4. The second kappa shape index (κ2) is 17.0. The summed E-state index contributed by atoms with van der Waals surface area (Å²) < 4.78 is 56.9. The van der Waals surface area contributed by atoms with E-state index in [1.807, 2.05) is 67.6 Å². The molecule has 0 bridgehead atoms. The molecule has 5 aromatic rings. The van der Waals surface area contributed by atoms with Gasteiger partial charge in [0.05, 0.1) is 39.1 Å². The molecule has 0 amide bonds. The molecule has 6 nitrogen and oxygen atoms in total. The molecule has 12 heteroatoms. The van der Waals surface area contributed by atoms with Crippen LogP contribution in [-0.2, 0) is 19.3 Å². The van der Waals surface area contributed by atoms with Crippen LogP contribution in [0.5, 0.6) is 11.5 Å². The van der Waals surface area contributed by atoms with Crippen molar-refractivity contribution < 1.29 is 27.2 Å². The van der Waals surface area contributed by atoms with Gasteiger partial charge in [0.15, 0.2) is 11.0 Å². The number of allylic oxidation sites excluding steroid dienone is 4. The molecule has 0 unspecified atom stereocenters. The summed E-state index contributed by atoms with van der Waals surface area (Å²) in [5.41, 5.74) is 2.85. The lowest BCUT2D eigenvalue weighted by atomic mass is 10.2. The van der Waals surface area contributed by atoms with E-state index in [1.54, 1.807) is 40.5 Å². The first-order chi connectivity index (χ1) is 26.0. The predicted molar refractivity (Wildman–Crippen MR) is 212 cm³/mol. The third-order valence-electron chi connectivity index (χ3n) is 8.78. The lowest BCUT2D eigenvalue weighted by Crippen LogP contribution is -2.31. The van der Waals surface area contributed by atoms with Crippen molar-refractivity contribution in [2.24, 2.45) is 0 Å². The fourth-order valence-electron chi connectivity index (χ4n) is 6.28. The van der Waals surface area contributed by atoms with Crippen LogP contribution in [0.3, 0.4) is 0 Å². The van der Waals surface area contributed by atoms with E-state index in [2.05, 4.69) is 40.8 Å². The van der Waals surface area contributed by atoms with Gasteiger partial charge in [0, 0.05) is 37.7 Å². The molecule has 0 N–H and O–H groups in total. The maximum atomic E-state index is 14.1. The van der Waals surface area contributed by atoms with E-state index in [9.17, 15) is 13.2 Å². The van der Waals surface area contributed by atoms with E-state index in [0.717, 1.165) is 28.8 Å². The second-order valence-electron chi connectivity index (χ2n) is 12.2. The number of ether oxygens (including phenoxy) is 2. The van der Waals surface area contributed by atoms with Gasteiger partial charge in [0.2, 0.25) is 0 Å². The molecule has 1 aromatic heterocycles. The minimum absolute atomic E-state index is 0.169. The number of methoxy groups -OCH3 is 1. The van der Waals surface area contributed by atoms with Crippen LogP contribution < -0.4 is 23.8 Å². The van der Waals surface area contributed by atoms with Crippen molar-refractivity contribution in [1.82, 2.24) is 4.57 Å². The number of hydrogen-bond acceptors (Lipinski definition) is 4. The zero-order valence-electron chi connectivity index (χ0n) is 29.8. The molecule has 6 rings (SSSR count). The summed E-state index contributed by atoms with van der Waals surface area (Å²) in [6.07, 6.45) is 5.33. The summed E-state index contributed by atoms with van der Waals surface area (Å²) in [5, 5.41) is 0.537. The first-order valence-corrected chi connectivity index (χ1v) is 18.4. The summed E-state index contributed by atoms with van der Waals surface area (Å²) >= 11 is 19.2. The van der Waals surface area contributed by atoms with Gasteiger partial charge in [-0.25, -0.2) is 4.57 Å². The first-order valence-electron chi connectivity index (χ1n) is 17.3. The van der Waals surface area contributed by atoms with Crippen molar-refractivity contribution in [1.29, 1.82) is 0 Å². The average Bonchev–Trinajstić information content (AvgIpc) is 3.59. The minimum Gasteiger partial charge on any atom is -0.497 e. The van der Waals surface area contributed by atoms with Crippen molar-refractivity contribution in [3.8, 4) is 23.5 Å². The third-order valence-corrected chi connectivity index (χ3v) is 9.82. The molecular formula is C42H37Cl3F3N4O2+. The van der Waals surface area contributed by atoms with Gasteiger partial charge in [-0.1, -0.05) is 96.2 Å². The van der Waals surface area contributed by atoms with Crippen molar-refractivity contribution in [3.63, 3.8) is 0 Å². The number of anilines is 2. The van der Waals surface area contributed by atoms with Gasteiger partial charge >= 0.3 is 6.18 Å². The Labute approximate surface area is 327 Å². The molecule has 0 spiro atoms. The number of alkyl halides is 3. The topological polar surface area (TPSA) is 33.8 Å². The number of imidazole rings is 1. The average molecular weight is 793 g/mol. The number of halogens is 6. The van der Waals surface area contributed by atoms with Crippen LogP contribution in [0.15, 0.2) is 109 Å². The van der Waals surface area contributed by atoms with E-state index in [1.165, 1.54) is 6.07 Å². The van der Waals surface area contributed by atoms with E-state index < -0.39 is 16.8 Å². The summed E-state index contributed by atoms with van der Waals surface area (Å²) in [4.78, 5) is 4.37. The minimum atomic E-state index is -4.65. The highest BCUT2D eigenvalue weighted by atomic mass is 35.5. The SMILES string of the molecule is CCC#C[n+]1c(/C=C/C=C/C=C2\N(CC)c3cc(Cl)c(Cl)cc3N2Cc2ccccc2)n(CCOc2ccc(OC)cc2)c2cc(C(F)(F)F)c(Cl)cc21. The van der Waals surface area contributed by atoms with Crippen molar-refractivity contribution in [3.05, 3.63) is 141 Å². The Morgan fingerprint density at radius 1 is 0.815 bits per heavy atom. The maximum absolute atomic E-state index is 14.1. The molecule has 0 radical (unpaired) electrons. The fourth-order valence-corrected chi connectivity index (χ4v) is 6.86. The van der Waals surface area contributed by atoms with Crippen molar-refractivity contribution in [2.45, 2.75) is 39.5 Å². The Morgan fingerprint density at radius 2 is 1.50 bits per heavy atom. The monoisotopic (exact) mass is 791 g/mol. The molecule has 0 fully saturated rings. The number of benzene rings is 4. The van der Waals surface area contributed by atoms with Gasteiger partial charge in [-0.2, -0.15) is 13.2 Å². The lowest BCUT2D eigenvalue weighted by Gasteiger charge is -2.24. The zero-order chi connectivity index (χ0) is 38.4. The Hall–Kier alpha value is -5.01. The van der Waals surface area contributed by atoms with E-state index in [4.69, 9.17) is 44.3 Å². The van der Waals surface area contributed by atoms with Gasteiger partial charge in [0.1, 0.15) is 36.5 Å². The quantitative estimate of drug-likeness (QED) is 0.0758. The molecule has 1 aliphatic heterocycles. The molecule has 0 saturated carbocycles. The summed E-state index contributed by atoms with van der Waals surface area (Å²) in [5.74, 6) is 5.82. The molecule has 0 atom stereocenters. The maximum Gasteiger partial charge on any atom is 0.418 e. The van der Waals surface area contributed by atoms with Crippen LogP contribution in [0.25, 0.3) is 17.1 Å². The first kappa shape index (κ1) is 38.7. The molecule has 0 saturated heterocycles. The van der Waals surface area contributed by atoms with Gasteiger partial charge in [-0.15, -0.1) is 4.57 Å². The standard InChI is InChI=1S/C42H37Cl3F3N4O2/c1-4-6-21-50-38-25-33(43)32(42(46,47)48)24-36(38)51(22-23-54-31-19-17-30(53-3)18-20-31)41(50)16-12-8-11-15-40-49(5-2)37-26-34(44)35(45)27-39(37)52(40)28-29-13-9-7-10-14-29/h7-20,24-27H,4-5,22-23,28H2,1-3H3/q+1. The fraction of sp³-hybridized carbons (Fsp3) is 0.214. The molecule has 0 aliphatic carbocycles. The molecule has 278 valence electrons. The largest absolute Gasteiger partial charge is 0.497 e. The molecule has 54 heavy (non-hydrogen) atoms. The Bertz CT molecular complexity index is 2290. The van der Waals surface area contributed by atoms with Gasteiger partial charge < -0.3 is 19.3 Å². The smallest absolute Gasteiger partial charge is 0.418 e. The highest BCUT2D eigenvalue weighted by molar-refractivity contribution is 6.42. The molecular weight excluding hydrogens is 756 g/mol. The number of aromatic nitrogens is 2. The van der Waals surface area contributed by atoms with Gasteiger partial charge in [0.25, 0.3) is 5.82 Å². The zero-order valence-corrected chi connectivity index (χ0v) is 32.1. The van der Waals surface area contributed by atoms with Crippen LogP contribution in [0, 0.1) is 12.0 Å².